The molecule has 3 nitrogen and oxygen atoms in total. The minimum Gasteiger partial charge on any atom is -0.391 e. The van der Waals surface area contributed by atoms with Gasteiger partial charge in [-0.15, -0.1) is 0 Å². The summed E-state index contributed by atoms with van der Waals surface area (Å²) in [6.07, 6.45) is 7.20. The van der Waals surface area contributed by atoms with E-state index >= 15 is 0 Å². The first-order chi connectivity index (χ1) is 7.70. The minimum atomic E-state index is -0.702. The van der Waals surface area contributed by atoms with Crippen molar-refractivity contribution in [3.63, 3.8) is 0 Å². The van der Waals surface area contributed by atoms with Crippen LogP contribution in [0, 0.1) is 17.8 Å². The van der Waals surface area contributed by atoms with Crippen molar-refractivity contribution < 1.29 is 14.9 Å². The number of ether oxygens (including phenoxy) is 1. The summed E-state index contributed by atoms with van der Waals surface area (Å²) in [5.41, 5.74) is 0. The molecule has 2 bridgehead atoms. The third-order valence-corrected chi connectivity index (χ3v) is 3.78. The lowest BCUT2D eigenvalue weighted by atomic mass is 9.93. The predicted molar refractivity (Wildman–Crippen MR) is 61.7 cm³/mol. The average molecular weight is 226 g/mol. The summed E-state index contributed by atoms with van der Waals surface area (Å²) in [6.45, 7) is 2.28. The normalized spacial score (nSPS) is 35.6. The standard InChI is InChI=1S/C13H22O3/c1-2-3-11(14)8-16-13(15)12-7-9-4-5-10(12)6-9/h4-5,9-15H,2-3,6-8H2,1H3. The van der Waals surface area contributed by atoms with Crippen molar-refractivity contribution in [3.8, 4) is 0 Å². The molecule has 0 heterocycles. The van der Waals surface area contributed by atoms with E-state index in [1.807, 2.05) is 6.92 Å². The lowest BCUT2D eigenvalue weighted by Gasteiger charge is -2.25. The molecule has 0 aromatic carbocycles. The first-order valence-corrected chi connectivity index (χ1v) is 6.36. The quantitative estimate of drug-likeness (QED) is 0.535. The number of aliphatic hydroxyl groups excluding tert-OH is 2. The van der Waals surface area contributed by atoms with Gasteiger partial charge in [0.05, 0.1) is 12.7 Å². The Bertz CT molecular complexity index is 252. The van der Waals surface area contributed by atoms with E-state index in [0.717, 1.165) is 19.3 Å². The van der Waals surface area contributed by atoms with Gasteiger partial charge in [-0.2, -0.15) is 0 Å². The fourth-order valence-electron chi connectivity index (χ4n) is 2.90. The lowest BCUT2D eigenvalue weighted by Crippen LogP contribution is -2.30. The van der Waals surface area contributed by atoms with Gasteiger partial charge in [0, 0.05) is 5.92 Å². The molecule has 0 aromatic rings. The molecule has 2 aliphatic carbocycles. The first kappa shape index (κ1) is 12.1. The van der Waals surface area contributed by atoms with E-state index in [4.69, 9.17) is 4.74 Å². The van der Waals surface area contributed by atoms with Crippen LogP contribution >= 0.6 is 0 Å². The largest absolute Gasteiger partial charge is 0.391 e. The molecule has 0 aromatic heterocycles. The van der Waals surface area contributed by atoms with E-state index in [-0.39, 0.29) is 12.5 Å². The van der Waals surface area contributed by atoms with Crippen LogP contribution in [0.25, 0.3) is 0 Å². The highest BCUT2D eigenvalue weighted by molar-refractivity contribution is 5.10. The van der Waals surface area contributed by atoms with Crippen LogP contribution < -0.4 is 0 Å². The lowest BCUT2D eigenvalue weighted by molar-refractivity contribution is -0.156. The fraction of sp³-hybridized carbons (Fsp3) is 0.846. The summed E-state index contributed by atoms with van der Waals surface area (Å²) < 4.78 is 5.36. The Balaban J connectivity index is 1.72. The highest BCUT2D eigenvalue weighted by atomic mass is 16.6. The zero-order chi connectivity index (χ0) is 11.5. The van der Waals surface area contributed by atoms with Crippen molar-refractivity contribution in [3.05, 3.63) is 12.2 Å². The molecule has 5 atom stereocenters. The van der Waals surface area contributed by atoms with Gasteiger partial charge in [0.1, 0.15) is 0 Å². The first-order valence-electron chi connectivity index (χ1n) is 6.36. The third-order valence-electron chi connectivity index (χ3n) is 3.78. The van der Waals surface area contributed by atoms with Gasteiger partial charge >= 0.3 is 0 Å². The molecule has 0 saturated heterocycles. The van der Waals surface area contributed by atoms with Crippen LogP contribution in [0.5, 0.6) is 0 Å². The molecule has 2 aliphatic rings. The van der Waals surface area contributed by atoms with Crippen LogP contribution in [-0.2, 0) is 4.74 Å². The molecular weight excluding hydrogens is 204 g/mol. The topological polar surface area (TPSA) is 49.7 Å². The van der Waals surface area contributed by atoms with Crippen molar-refractivity contribution in [2.45, 2.75) is 45.0 Å². The van der Waals surface area contributed by atoms with E-state index < -0.39 is 12.4 Å². The van der Waals surface area contributed by atoms with E-state index in [1.54, 1.807) is 0 Å². The zero-order valence-corrected chi connectivity index (χ0v) is 9.88. The molecule has 0 spiro atoms. The molecule has 3 heteroatoms. The number of fused-ring (bicyclic) bond motifs is 2. The Kier molecular flexibility index (Phi) is 4.00. The third kappa shape index (κ3) is 2.65. The van der Waals surface area contributed by atoms with Gasteiger partial charge in [0.15, 0.2) is 6.29 Å². The van der Waals surface area contributed by atoms with Crippen LogP contribution in [0.4, 0.5) is 0 Å². The van der Waals surface area contributed by atoms with Crippen molar-refractivity contribution in [2.24, 2.45) is 17.8 Å². The van der Waals surface area contributed by atoms with Gasteiger partial charge in [-0.05, 0) is 31.1 Å². The number of hydrogen-bond donors (Lipinski definition) is 2. The number of allylic oxidation sites excluding steroid dienone is 2. The molecule has 0 aliphatic heterocycles. The Hall–Kier alpha value is -0.380. The van der Waals surface area contributed by atoms with E-state index in [2.05, 4.69) is 12.2 Å². The van der Waals surface area contributed by atoms with E-state index in [9.17, 15) is 10.2 Å². The average Bonchev–Trinajstić information content (AvgIpc) is 2.88. The highest BCUT2D eigenvalue weighted by Crippen LogP contribution is 2.45. The maximum atomic E-state index is 9.92. The zero-order valence-electron chi connectivity index (χ0n) is 9.88. The Morgan fingerprint density at radius 1 is 1.31 bits per heavy atom. The fourth-order valence-corrected chi connectivity index (χ4v) is 2.90. The molecule has 1 saturated carbocycles. The molecule has 16 heavy (non-hydrogen) atoms. The maximum absolute atomic E-state index is 9.92. The molecule has 92 valence electrons. The molecule has 2 rings (SSSR count). The van der Waals surface area contributed by atoms with Crippen LogP contribution in [0.2, 0.25) is 0 Å². The van der Waals surface area contributed by atoms with Gasteiger partial charge in [-0.1, -0.05) is 25.5 Å². The molecule has 0 radical (unpaired) electrons. The Labute approximate surface area is 97.1 Å². The van der Waals surface area contributed by atoms with Crippen molar-refractivity contribution in [2.75, 3.05) is 6.61 Å². The second-order valence-electron chi connectivity index (χ2n) is 5.11. The van der Waals surface area contributed by atoms with Gasteiger partial charge in [-0.3, -0.25) is 0 Å². The Morgan fingerprint density at radius 2 is 2.12 bits per heavy atom. The number of rotatable bonds is 6. The van der Waals surface area contributed by atoms with Crippen molar-refractivity contribution in [1.29, 1.82) is 0 Å². The van der Waals surface area contributed by atoms with Crippen LogP contribution in [0.1, 0.15) is 32.6 Å². The molecule has 1 fully saturated rings. The summed E-state index contributed by atoms with van der Waals surface area (Å²) in [5, 5.41) is 19.4. The Morgan fingerprint density at radius 3 is 2.69 bits per heavy atom. The summed E-state index contributed by atoms with van der Waals surface area (Å²) in [7, 11) is 0. The second-order valence-corrected chi connectivity index (χ2v) is 5.11. The molecule has 2 N–H and O–H groups in total. The van der Waals surface area contributed by atoms with Crippen molar-refractivity contribution >= 4 is 0 Å². The molecular formula is C13H22O3. The molecule has 5 unspecified atom stereocenters. The van der Waals surface area contributed by atoms with Crippen LogP contribution in [0.3, 0.4) is 0 Å². The van der Waals surface area contributed by atoms with Gasteiger partial charge < -0.3 is 14.9 Å². The van der Waals surface area contributed by atoms with Crippen molar-refractivity contribution in [1.82, 2.24) is 0 Å². The minimum absolute atomic E-state index is 0.240. The van der Waals surface area contributed by atoms with Crippen LogP contribution in [0.15, 0.2) is 12.2 Å². The monoisotopic (exact) mass is 226 g/mol. The molecule has 0 amide bonds. The predicted octanol–water partition coefficient (Wildman–Crippen LogP) is 1.69. The summed E-state index contributed by atoms with van der Waals surface area (Å²) in [5.74, 6) is 1.38. The van der Waals surface area contributed by atoms with Gasteiger partial charge in [-0.25, -0.2) is 0 Å². The van der Waals surface area contributed by atoms with Crippen LogP contribution in [-0.4, -0.2) is 29.2 Å². The summed E-state index contributed by atoms with van der Waals surface area (Å²) in [6, 6.07) is 0. The van der Waals surface area contributed by atoms with E-state index in [0.29, 0.717) is 11.8 Å². The smallest absolute Gasteiger partial charge is 0.158 e. The summed E-state index contributed by atoms with van der Waals surface area (Å²) in [4.78, 5) is 0. The summed E-state index contributed by atoms with van der Waals surface area (Å²) >= 11 is 0. The number of aliphatic hydroxyl groups is 2. The van der Waals surface area contributed by atoms with Gasteiger partial charge in [0.2, 0.25) is 0 Å². The van der Waals surface area contributed by atoms with E-state index in [1.165, 1.54) is 6.42 Å². The second kappa shape index (κ2) is 5.30. The highest BCUT2D eigenvalue weighted by Gasteiger charge is 2.40. The van der Waals surface area contributed by atoms with Gasteiger partial charge in [0.25, 0.3) is 0 Å². The SMILES string of the molecule is CCCC(O)COC(O)C1CC2C=CC1C2. The maximum Gasteiger partial charge on any atom is 0.158 e. The number of hydrogen-bond acceptors (Lipinski definition) is 3.